The Morgan fingerprint density at radius 2 is 2.00 bits per heavy atom. The Balaban J connectivity index is 2.97. The third-order valence-corrected chi connectivity index (χ3v) is 5.27. The van der Waals surface area contributed by atoms with Crippen LogP contribution in [0.4, 0.5) is 5.82 Å². The van der Waals surface area contributed by atoms with E-state index in [9.17, 15) is 8.42 Å². The minimum Gasteiger partial charge on any atom is -0.383 e. The average Bonchev–Trinajstić information content (AvgIpc) is 2.36. The van der Waals surface area contributed by atoms with Gasteiger partial charge in [-0.05, 0) is 49.1 Å². The van der Waals surface area contributed by atoms with Gasteiger partial charge in [-0.3, -0.25) is 0 Å². The van der Waals surface area contributed by atoms with E-state index in [-0.39, 0.29) is 10.7 Å². The summed E-state index contributed by atoms with van der Waals surface area (Å²) in [7, 11) is 0.314. The molecule has 8 heteroatoms. The maximum absolute atomic E-state index is 12.6. The molecule has 0 aliphatic carbocycles. The summed E-state index contributed by atoms with van der Waals surface area (Å²) in [5.74, 6) is 0.0271. The van der Waals surface area contributed by atoms with Crippen LogP contribution in [0.3, 0.4) is 0 Å². The maximum Gasteiger partial charge on any atom is 0.246 e. The quantitative estimate of drug-likeness (QED) is 0.790. The zero-order valence-corrected chi connectivity index (χ0v) is 14.4. The van der Waals surface area contributed by atoms with Crippen molar-refractivity contribution in [2.45, 2.75) is 18.2 Å². The molecule has 114 valence electrons. The molecule has 1 rings (SSSR count). The van der Waals surface area contributed by atoms with Crippen molar-refractivity contribution in [1.29, 1.82) is 0 Å². The third-order valence-electron chi connectivity index (χ3n) is 2.83. The molecule has 0 aliphatic heterocycles. The van der Waals surface area contributed by atoms with Crippen molar-refractivity contribution in [1.82, 2.24) is 14.2 Å². The van der Waals surface area contributed by atoms with Gasteiger partial charge in [0.1, 0.15) is 10.7 Å². The summed E-state index contributed by atoms with van der Waals surface area (Å²) in [4.78, 5) is 5.96. The topological polar surface area (TPSA) is 79.5 Å². The van der Waals surface area contributed by atoms with Crippen molar-refractivity contribution in [2.75, 3.05) is 39.5 Å². The molecule has 1 heterocycles. The molecule has 0 fully saturated rings. The van der Waals surface area contributed by atoms with Gasteiger partial charge in [0, 0.05) is 23.8 Å². The third kappa shape index (κ3) is 4.41. The maximum atomic E-state index is 12.6. The fraction of sp³-hybridized carbons (Fsp3) is 0.583. The lowest BCUT2D eigenvalue weighted by Gasteiger charge is -2.22. The van der Waals surface area contributed by atoms with Crippen LogP contribution >= 0.6 is 15.9 Å². The predicted molar refractivity (Wildman–Crippen MR) is 84.0 cm³/mol. The largest absolute Gasteiger partial charge is 0.383 e. The first-order valence-electron chi connectivity index (χ1n) is 6.35. The molecule has 1 aromatic heterocycles. The molecule has 0 spiro atoms. The molecule has 0 saturated heterocycles. The summed E-state index contributed by atoms with van der Waals surface area (Å²) in [6, 6.07) is 1.49. The first-order chi connectivity index (χ1) is 9.28. The van der Waals surface area contributed by atoms with E-state index >= 15 is 0 Å². The minimum atomic E-state index is -3.60. The van der Waals surface area contributed by atoms with E-state index in [1.165, 1.54) is 16.6 Å². The molecule has 0 radical (unpaired) electrons. The predicted octanol–water partition coefficient (Wildman–Crippen LogP) is 1.39. The summed E-state index contributed by atoms with van der Waals surface area (Å²) >= 11 is 3.22. The zero-order valence-electron chi connectivity index (χ0n) is 12.0. The zero-order chi connectivity index (χ0) is 15.3. The number of nitrogen functional groups attached to an aromatic ring is 1. The Kier molecular flexibility index (Phi) is 6.38. The lowest BCUT2D eigenvalue weighted by Crippen LogP contribution is -2.33. The van der Waals surface area contributed by atoms with E-state index < -0.39 is 10.0 Å². The molecule has 1 aromatic rings. The first kappa shape index (κ1) is 17.4. The second-order valence-electron chi connectivity index (χ2n) is 4.69. The number of sulfonamides is 1. The summed E-state index contributed by atoms with van der Waals surface area (Å²) in [5, 5.41) is 0. The van der Waals surface area contributed by atoms with Crippen LogP contribution in [0.5, 0.6) is 0 Å². The number of pyridine rings is 1. The number of hydrogen-bond acceptors (Lipinski definition) is 5. The lowest BCUT2D eigenvalue weighted by atomic mass is 10.4. The summed E-state index contributed by atoms with van der Waals surface area (Å²) in [6.45, 7) is 3.51. The van der Waals surface area contributed by atoms with Crippen LogP contribution < -0.4 is 5.73 Å². The normalized spacial score (nSPS) is 12.3. The number of rotatable bonds is 7. The van der Waals surface area contributed by atoms with Gasteiger partial charge in [-0.1, -0.05) is 6.92 Å². The van der Waals surface area contributed by atoms with Crippen LogP contribution in [0.15, 0.2) is 21.6 Å². The van der Waals surface area contributed by atoms with Crippen molar-refractivity contribution in [3.8, 4) is 0 Å². The highest BCUT2D eigenvalue weighted by molar-refractivity contribution is 9.10. The van der Waals surface area contributed by atoms with Gasteiger partial charge in [-0.15, -0.1) is 0 Å². The van der Waals surface area contributed by atoms with E-state index in [4.69, 9.17) is 5.73 Å². The van der Waals surface area contributed by atoms with Gasteiger partial charge in [0.25, 0.3) is 0 Å². The molecule has 0 bridgehead atoms. The highest BCUT2D eigenvalue weighted by Crippen LogP contribution is 2.24. The molecule has 0 saturated carbocycles. The molecular weight excluding hydrogens is 344 g/mol. The van der Waals surface area contributed by atoms with Crippen LogP contribution in [0, 0.1) is 0 Å². The number of nitrogens with zero attached hydrogens (tertiary/aromatic N) is 3. The van der Waals surface area contributed by atoms with Crippen LogP contribution in [0.25, 0.3) is 0 Å². The van der Waals surface area contributed by atoms with E-state index in [0.29, 0.717) is 17.6 Å². The summed E-state index contributed by atoms with van der Waals surface area (Å²) < 4.78 is 27.2. The first-order valence-corrected chi connectivity index (χ1v) is 8.58. The van der Waals surface area contributed by atoms with Crippen LogP contribution in [-0.4, -0.2) is 56.3 Å². The Morgan fingerprint density at radius 3 is 2.55 bits per heavy atom. The molecule has 2 N–H and O–H groups in total. The van der Waals surface area contributed by atoms with Gasteiger partial charge < -0.3 is 10.6 Å². The monoisotopic (exact) mass is 364 g/mol. The molecule has 0 amide bonds. The molecule has 0 aromatic carbocycles. The number of aromatic nitrogens is 1. The standard InChI is InChI=1S/C12H21BrN4O2S/c1-4-17(7-5-6-16(2)3)20(18,19)11-8-10(13)9-15-12(11)14/h8-9H,4-7H2,1-3H3,(H2,14,15). The van der Waals surface area contributed by atoms with Gasteiger partial charge in [0.05, 0.1) is 0 Å². The van der Waals surface area contributed by atoms with E-state index in [2.05, 4.69) is 20.9 Å². The van der Waals surface area contributed by atoms with Crippen LogP contribution in [0.1, 0.15) is 13.3 Å². The molecule has 0 unspecified atom stereocenters. The number of anilines is 1. The Morgan fingerprint density at radius 1 is 1.35 bits per heavy atom. The van der Waals surface area contributed by atoms with E-state index in [1.807, 2.05) is 25.9 Å². The van der Waals surface area contributed by atoms with Gasteiger partial charge in [-0.2, -0.15) is 4.31 Å². The fourth-order valence-corrected chi connectivity index (χ4v) is 3.85. The smallest absolute Gasteiger partial charge is 0.246 e. The molecule has 0 atom stereocenters. The second-order valence-corrected chi connectivity index (χ2v) is 7.51. The average molecular weight is 365 g/mol. The van der Waals surface area contributed by atoms with Gasteiger partial charge in [0.2, 0.25) is 10.0 Å². The highest BCUT2D eigenvalue weighted by atomic mass is 79.9. The van der Waals surface area contributed by atoms with Crippen molar-refractivity contribution in [2.24, 2.45) is 0 Å². The van der Waals surface area contributed by atoms with Crippen molar-refractivity contribution < 1.29 is 8.42 Å². The Hall–Kier alpha value is -0.700. The van der Waals surface area contributed by atoms with E-state index in [1.54, 1.807) is 0 Å². The molecule has 0 aliphatic rings. The molecular formula is C12H21BrN4O2S. The second kappa shape index (κ2) is 7.35. The van der Waals surface area contributed by atoms with Gasteiger partial charge >= 0.3 is 0 Å². The number of hydrogen-bond donors (Lipinski definition) is 1. The SMILES string of the molecule is CCN(CCCN(C)C)S(=O)(=O)c1cc(Br)cnc1N. The van der Waals surface area contributed by atoms with Crippen molar-refractivity contribution >= 4 is 31.8 Å². The number of halogens is 1. The van der Waals surface area contributed by atoms with Crippen molar-refractivity contribution in [3.63, 3.8) is 0 Å². The Labute approximate surface area is 129 Å². The fourth-order valence-electron chi connectivity index (χ4n) is 1.79. The lowest BCUT2D eigenvalue weighted by molar-refractivity contribution is 0.356. The van der Waals surface area contributed by atoms with Crippen LogP contribution in [0.2, 0.25) is 0 Å². The van der Waals surface area contributed by atoms with Crippen LogP contribution in [-0.2, 0) is 10.0 Å². The summed E-state index contributed by atoms with van der Waals surface area (Å²) in [6.07, 6.45) is 2.25. The summed E-state index contributed by atoms with van der Waals surface area (Å²) in [5.41, 5.74) is 5.70. The van der Waals surface area contributed by atoms with Crippen molar-refractivity contribution in [3.05, 3.63) is 16.7 Å². The van der Waals surface area contributed by atoms with Gasteiger partial charge in [-0.25, -0.2) is 13.4 Å². The van der Waals surface area contributed by atoms with E-state index in [0.717, 1.165) is 13.0 Å². The van der Waals surface area contributed by atoms with Gasteiger partial charge in [0.15, 0.2) is 0 Å². The molecule has 6 nitrogen and oxygen atoms in total. The minimum absolute atomic E-state index is 0.0271. The number of nitrogens with two attached hydrogens (primary N) is 1. The molecule has 20 heavy (non-hydrogen) atoms. The highest BCUT2D eigenvalue weighted by Gasteiger charge is 2.25. The Bertz CT molecular complexity index is 548.